The molecular formula is C15H18Cl2N2O2S. The van der Waals surface area contributed by atoms with E-state index in [4.69, 9.17) is 27.9 Å². The zero-order valence-electron chi connectivity index (χ0n) is 12.9. The van der Waals surface area contributed by atoms with Gasteiger partial charge in [-0.1, -0.05) is 55.3 Å². The van der Waals surface area contributed by atoms with Crippen molar-refractivity contribution in [1.82, 2.24) is 4.57 Å². The molecule has 0 aliphatic rings. The summed E-state index contributed by atoms with van der Waals surface area (Å²) in [5, 5.41) is 0.947. The van der Waals surface area contributed by atoms with Crippen LogP contribution in [0, 0.1) is 5.41 Å². The van der Waals surface area contributed by atoms with Gasteiger partial charge in [-0.15, -0.1) is 0 Å². The Balaban J connectivity index is 2.71. The summed E-state index contributed by atoms with van der Waals surface area (Å²) in [7, 11) is 1.63. The van der Waals surface area contributed by atoms with Crippen LogP contribution in [0.25, 0.3) is 10.2 Å². The van der Waals surface area contributed by atoms with E-state index in [1.807, 2.05) is 31.4 Å². The minimum absolute atomic E-state index is 0.174. The van der Waals surface area contributed by atoms with E-state index >= 15 is 0 Å². The maximum Gasteiger partial charge on any atom is 0.253 e. The fourth-order valence-corrected chi connectivity index (χ4v) is 3.37. The Morgan fingerprint density at radius 2 is 2.05 bits per heavy atom. The van der Waals surface area contributed by atoms with Crippen molar-refractivity contribution in [2.75, 3.05) is 13.7 Å². The lowest BCUT2D eigenvalue weighted by atomic mass is 9.96. The predicted octanol–water partition coefficient (Wildman–Crippen LogP) is 4.13. The first-order valence-corrected chi connectivity index (χ1v) is 8.38. The van der Waals surface area contributed by atoms with Crippen LogP contribution in [0.3, 0.4) is 0 Å². The third-order valence-corrected chi connectivity index (χ3v) is 4.93. The molecule has 1 aromatic carbocycles. The maximum atomic E-state index is 12.2. The van der Waals surface area contributed by atoms with Crippen LogP contribution in [-0.2, 0) is 16.1 Å². The molecule has 0 atom stereocenters. The number of ether oxygens (including phenoxy) is 1. The van der Waals surface area contributed by atoms with Crippen LogP contribution in [0.2, 0.25) is 10.0 Å². The van der Waals surface area contributed by atoms with Gasteiger partial charge in [0, 0.05) is 19.1 Å². The predicted molar refractivity (Wildman–Crippen MR) is 91.7 cm³/mol. The highest BCUT2D eigenvalue weighted by Gasteiger charge is 2.21. The number of aromatic nitrogens is 1. The van der Waals surface area contributed by atoms with Crippen molar-refractivity contribution in [2.45, 2.75) is 27.3 Å². The summed E-state index contributed by atoms with van der Waals surface area (Å²) in [6, 6.07) is 3.64. The summed E-state index contributed by atoms with van der Waals surface area (Å²) in [5.41, 5.74) is 0.258. The average molecular weight is 361 g/mol. The van der Waals surface area contributed by atoms with Gasteiger partial charge in [-0.25, -0.2) is 0 Å². The van der Waals surface area contributed by atoms with Crippen molar-refractivity contribution >= 4 is 50.7 Å². The second-order valence-electron chi connectivity index (χ2n) is 5.90. The molecule has 7 heteroatoms. The van der Waals surface area contributed by atoms with E-state index in [-0.39, 0.29) is 5.91 Å². The van der Waals surface area contributed by atoms with Crippen LogP contribution < -0.4 is 4.80 Å². The van der Waals surface area contributed by atoms with Crippen molar-refractivity contribution in [3.05, 3.63) is 27.0 Å². The molecule has 120 valence electrons. The van der Waals surface area contributed by atoms with Crippen molar-refractivity contribution in [3.63, 3.8) is 0 Å². The number of methoxy groups -OCH3 is 1. The van der Waals surface area contributed by atoms with Crippen LogP contribution >= 0.6 is 34.5 Å². The van der Waals surface area contributed by atoms with Gasteiger partial charge >= 0.3 is 0 Å². The fourth-order valence-electron chi connectivity index (χ4n) is 1.83. The van der Waals surface area contributed by atoms with Gasteiger partial charge < -0.3 is 9.30 Å². The average Bonchev–Trinajstić information content (AvgIpc) is 2.78. The Morgan fingerprint density at radius 3 is 2.64 bits per heavy atom. The molecule has 1 amide bonds. The number of carbonyl (C=O) groups is 1. The summed E-state index contributed by atoms with van der Waals surface area (Å²) in [6.07, 6.45) is 0. The van der Waals surface area contributed by atoms with Gasteiger partial charge in [0.05, 0.1) is 26.9 Å². The normalized spacial score (nSPS) is 13.1. The van der Waals surface area contributed by atoms with E-state index < -0.39 is 5.41 Å². The van der Waals surface area contributed by atoms with E-state index in [0.29, 0.717) is 28.0 Å². The van der Waals surface area contributed by atoms with Crippen LogP contribution in [0.4, 0.5) is 0 Å². The largest absolute Gasteiger partial charge is 0.383 e. The lowest BCUT2D eigenvalue weighted by Gasteiger charge is -2.12. The van der Waals surface area contributed by atoms with E-state index in [0.717, 1.165) is 10.2 Å². The molecule has 0 spiro atoms. The highest BCUT2D eigenvalue weighted by atomic mass is 35.5. The van der Waals surface area contributed by atoms with Crippen molar-refractivity contribution in [1.29, 1.82) is 0 Å². The second kappa shape index (κ2) is 6.71. The topological polar surface area (TPSA) is 43.6 Å². The molecule has 4 nitrogen and oxygen atoms in total. The van der Waals surface area contributed by atoms with Gasteiger partial charge in [-0.2, -0.15) is 4.99 Å². The number of nitrogens with zero attached hydrogens (tertiary/aromatic N) is 2. The molecule has 1 heterocycles. The number of benzene rings is 1. The van der Waals surface area contributed by atoms with E-state index in [1.54, 1.807) is 13.2 Å². The van der Waals surface area contributed by atoms with Crippen molar-refractivity contribution in [3.8, 4) is 0 Å². The summed E-state index contributed by atoms with van der Waals surface area (Å²) in [6.45, 7) is 6.57. The van der Waals surface area contributed by atoms with Crippen molar-refractivity contribution < 1.29 is 9.53 Å². The number of fused-ring (bicyclic) bond motifs is 1. The lowest BCUT2D eigenvalue weighted by molar-refractivity contribution is -0.125. The molecule has 0 aliphatic heterocycles. The van der Waals surface area contributed by atoms with Crippen LogP contribution in [0.15, 0.2) is 17.1 Å². The Hall–Kier alpha value is -0.880. The molecule has 0 aliphatic carbocycles. The van der Waals surface area contributed by atoms with Crippen LogP contribution in [-0.4, -0.2) is 24.2 Å². The Kier molecular flexibility index (Phi) is 5.33. The molecule has 0 bridgehead atoms. The fraction of sp³-hybridized carbons (Fsp3) is 0.467. The number of halogens is 2. The first-order chi connectivity index (χ1) is 10.3. The molecule has 1 aromatic heterocycles. The number of thiazole rings is 1. The Bertz CT molecular complexity index is 772. The molecule has 0 radical (unpaired) electrons. The highest BCUT2D eigenvalue weighted by molar-refractivity contribution is 7.16. The molecule has 0 fully saturated rings. The number of carbonyl (C=O) groups excluding carboxylic acids is 1. The van der Waals surface area contributed by atoms with Gasteiger partial charge in [0.1, 0.15) is 0 Å². The number of amides is 1. The molecule has 0 N–H and O–H groups in total. The Morgan fingerprint density at radius 1 is 1.36 bits per heavy atom. The maximum absolute atomic E-state index is 12.2. The van der Waals surface area contributed by atoms with Gasteiger partial charge in [-0.05, 0) is 12.1 Å². The molecule has 0 saturated carbocycles. The third-order valence-electron chi connectivity index (χ3n) is 3.09. The van der Waals surface area contributed by atoms with Gasteiger partial charge in [0.15, 0.2) is 4.80 Å². The number of hydrogen-bond donors (Lipinski definition) is 0. The van der Waals surface area contributed by atoms with E-state index in [1.165, 1.54) is 11.3 Å². The molecule has 2 rings (SSSR count). The monoisotopic (exact) mass is 360 g/mol. The number of rotatable bonds is 3. The van der Waals surface area contributed by atoms with Gasteiger partial charge in [0.2, 0.25) is 0 Å². The zero-order valence-corrected chi connectivity index (χ0v) is 15.3. The van der Waals surface area contributed by atoms with Crippen LogP contribution in [0.5, 0.6) is 0 Å². The summed E-state index contributed by atoms with van der Waals surface area (Å²) >= 11 is 13.9. The first kappa shape index (κ1) is 17.5. The summed E-state index contributed by atoms with van der Waals surface area (Å²) < 4.78 is 7.97. The summed E-state index contributed by atoms with van der Waals surface area (Å²) in [5.74, 6) is -0.174. The Labute approximate surface area is 143 Å². The minimum Gasteiger partial charge on any atom is -0.383 e. The quantitative estimate of drug-likeness (QED) is 0.825. The number of hydrogen-bond acceptors (Lipinski definition) is 3. The zero-order chi connectivity index (χ0) is 16.5. The van der Waals surface area contributed by atoms with Crippen molar-refractivity contribution in [2.24, 2.45) is 10.4 Å². The lowest BCUT2D eigenvalue weighted by Crippen LogP contribution is -2.24. The highest BCUT2D eigenvalue weighted by Crippen LogP contribution is 2.32. The summed E-state index contributed by atoms with van der Waals surface area (Å²) in [4.78, 5) is 17.1. The first-order valence-electron chi connectivity index (χ1n) is 6.81. The molecule has 0 saturated heterocycles. The molecular weight excluding hydrogens is 343 g/mol. The van der Waals surface area contributed by atoms with Gasteiger partial charge in [-0.3, -0.25) is 4.79 Å². The molecule has 22 heavy (non-hydrogen) atoms. The molecule has 2 aromatic rings. The van der Waals surface area contributed by atoms with E-state index in [2.05, 4.69) is 4.99 Å². The molecule has 0 unspecified atom stereocenters. The smallest absolute Gasteiger partial charge is 0.253 e. The van der Waals surface area contributed by atoms with E-state index in [9.17, 15) is 4.79 Å². The van der Waals surface area contributed by atoms with Crippen LogP contribution in [0.1, 0.15) is 20.8 Å². The second-order valence-corrected chi connectivity index (χ2v) is 7.70. The SMILES string of the molecule is COCCn1c(=NC(=O)C(C)(C)C)sc2ccc(Cl)c(Cl)c21. The van der Waals surface area contributed by atoms with Gasteiger partial charge in [0.25, 0.3) is 5.91 Å². The standard InChI is InChI=1S/C15H18Cl2N2O2S/c1-15(2,3)13(20)18-14-19(7-8-21-4)12-10(22-14)6-5-9(16)11(12)17/h5-6H,7-8H2,1-4H3. The minimum atomic E-state index is -0.531. The third kappa shape index (κ3) is 3.54.